The Hall–Kier alpha value is -0.430. The molecule has 1 aromatic rings. The van der Waals surface area contributed by atoms with Crippen LogP contribution in [0.3, 0.4) is 0 Å². The maximum atomic E-state index is 2.21. The Morgan fingerprint density at radius 1 is 1.23 bits per heavy atom. The molecule has 1 heteroatoms. The van der Waals surface area contributed by atoms with Crippen LogP contribution in [0.25, 0.3) is 0 Å². The zero-order chi connectivity index (χ0) is 8.73. The second kappa shape index (κ2) is 2.78. The van der Waals surface area contributed by atoms with E-state index >= 15 is 0 Å². The number of thioether (sulfide) groups is 1. The second-order valence-electron chi connectivity index (χ2n) is 4.39. The predicted octanol–water partition coefficient (Wildman–Crippen LogP) is 3.58. The van der Waals surface area contributed by atoms with Crippen molar-refractivity contribution in [2.45, 2.75) is 24.2 Å². The van der Waals surface area contributed by atoms with E-state index in [0.29, 0.717) is 0 Å². The van der Waals surface area contributed by atoms with E-state index < -0.39 is 0 Å². The number of hydrogen-bond acceptors (Lipinski definition) is 1. The zero-order valence-corrected chi connectivity index (χ0v) is 8.52. The molecule has 1 spiro atoms. The first-order valence-electron chi connectivity index (χ1n) is 5.07. The highest BCUT2D eigenvalue weighted by Crippen LogP contribution is 2.71. The molecule has 2 aliphatic carbocycles. The van der Waals surface area contributed by atoms with E-state index in [0.717, 1.165) is 11.3 Å². The molecule has 0 bridgehead atoms. The van der Waals surface area contributed by atoms with Gasteiger partial charge in [-0.15, -0.1) is 11.8 Å². The average Bonchev–Trinajstić information content (AvgIpc) is 3.07. The third-order valence-corrected chi connectivity index (χ3v) is 4.62. The first-order chi connectivity index (χ1) is 6.39. The van der Waals surface area contributed by atoms with Gasteiger partial charge in [0.1, 0.15) is 0 Å². The van der Waals surface area contributed by atoms with Crippen LogP contribution in [0, 0.1) is 11.3 Å². The third kappa shape index (κ3) is 1.50. The fraction of sp³-hybridized carbons (Fsp3) is 0.500. The fourth-order valence-corrected chi connectivity index (χ4v) is 3.37. The van der Waals surface area contributed by atoms with Crippen LogP contribution < -0.4 is 0 Å². The average molecular weight is 190 g/mol. The highest BCUT2D eigenvalue weighted by atomic mass is 32.2. The summed E-state index contributed by atoms with van der Waals surface area (Å²) in [5, 5.41) is 0. The molecule has 68 valence electrons. The quantitative estimate of drug-likeness (QED) is 0.656. The molecular weight excluding hydrogens is 176 g/mol. The monoisotopic (exact) mass is 190 g/mol. The largest absolute Gasteiger partial charge is 0.126 e. The van der Waals surface area contributed by atoms with E-state index in [1.54, 1.807) is 0 Å². The fourth-order valence-electron chi connectivity index (χ4n) is 2.15. The van der Waals surface area contributed by atoms with Gasteiger partial charge in [-0.2, -0.15) is 0 Å². The molecule has 2 saturated carbocycles. The van der Waals surface area contributed by atoms with Gasteiger partial charge in [-0.1, -0.05) is 18.2 Å². The van der Waals surface area contributed by atoms with Crippen molar-refractivity contribution in [3.05, 3.63) is 30.3 Å². The van der Waals surface area contributed by atoms with Gasteiger partial charge in [0.25, 0.3) is 0 Å². The molecule has 1 atom stereocenters. The van der Waals surface area contributed by atoms with Gasteiger partial charge in [0, 0.05) is 10.6 Å². The summed E-state index contributed by atoms with van der Waals surface area (Å²) in [6, 6.07) is 10.8. The van der Waals surface area contributed by atoms with Gasteiger partial charge in [0.15, 0.2) is 0 Å². The summed E-state index contributed by atoms with van der Waals surface area (Å²) >= 11 is 2.03. The van der Waals surface area contributed by atoms with Gasteiger partial charge < -0.3 is 0 Å². The lowest BCUT2D eigenvalue weighted by Crippen LogP contribution is -1.84. The minimum atomic E-state index is 0.877. The van der Waals surface area contributed by atoms with Crippen molar-refractivity contribution in [1.29, 1.82) is 0 Å². The topological polar surface area (TPSA) is 0 Å². The maximum Gasteiger partial charge on any atom is 0.00720 e. The molecule has 13 heavy (non-hydrogen) atoms. The standard InChI is InChI=1S/C12H14S/c1-2-4-11(5-3-1)13-9-10-8-12(10)6-7-12/h1-5,10H,6-9H2. The molecule has 0 amide bonds. The van der Waals surface area contributed by atoms with Crippen LogP contribution in [0.2, 0.25) is 0 Å². The van der Waals surface area contributed by atoms with Gasteiger partial charge in [-0.05, 0) is 42.7 Å². The van der Waals surface area contributed by atoms with Gasteiger partial charge in [0.05, 0.1) is 0 Å². The van der Waals surface area contributed by atoms with Crippen LogP contribution in [0.4, 0.5) is 0 Å². The van der Waals surface area contributed by atoms with Crippen molar-refractivity contribution in [1.82, 2.24) is 0 Å². The minimum Gasteiger partial charge on any atom is -0.126 e. The van der Waals surface area contributed by atoms with Gasteiger partial charge in [-0.25, -0.2) is 0 Å². The molecule has 2 aliphatic rings. The Kier molecular flexibility index (Phi) is 1.69. The Morgan fingerprint density at radius 3 is 2.62 bits per heavy atom. The van der Waals surface area contributed by atoms with Crippen LogP contribution in [0.1, 0.15) is 19.3 Å². The van der Waals surface area contributed by atoms with Crippen LogP contribution >= 0.6 is 11.8 Å². The summed E-state index contributed by atoms with van der Waals surface area (Å²) in [5.74, 6) is 2.40. The van der Waals surface area contributed by atoms with Gasteiger partial charge in [-0.3, -0.25) is 0 Å². The Labute approximate surface area is 83.7 Å². The zero-order valence-electron chi connectivity index (χ0n) is 7.70. The first-order valence-corrected chi connectivity index (χ1v) is 6.05. The van der Waals surface area contributed by atoms with E-state index in [-0.39, 0.29) is 0 Å². The molecule has 0 N–H and O–H groups in total. The Morgan fingerprint density at radius 2 is 2.00 bits per heavy atom. The Bertz CT molecular complexity index is 300. The number of hydrogen-bond donors (Lipinski definition) is 0. The van der Waals surface area contributed by atoms with Crippen molar-refractivity contribution >= 4 is 11.8 Å². The predicted molar refractivity (Wildman–Crippen MR) is 56.9 cm³/mol. The minimum absolute atomic E-state index is 0.877. The summed E-state index contributed by atoms with van der Waals surface area (Å²) in [4.78, 5) is 1.44. The van der Waals surface area contributed by atoms with Crippen LogP contribution in [0.15, 0.2) is 35.2 Å². The van der Waals surface area contributed by atoms with Crippen molar-refractivity contribution in [2.75, 3.05) is 5.75 Å². The van der Waals surface area contributed by atoms with E-state index in [2.05, 4.69) is 30.3 Å². The first kappa shape index (κ1) is 7.93. The summed E-state index contributed by atoms with van der Waals surface area (Å²) in [5.41, 5.74) is 0.877. The van der Waals surface area contributed by atoms with Crippen LogP contribution in [0.5, 0.6) is 0 Å². The Balaban J connectivity index is 1.54. The lowest BCUT2D eigenvalue weighted by atomic mass is 10.3. The molecule has 0 saturated heterocycles. The molecule has 3 rings (SSSR count). The molecule has 1 aromatic carbocycles. The number of benzene rings is 1. The maximum absolute atomic E-state index is 2.21. The van der Waals surface area contributed by atoms with E-state index in [9.17, 15) is 0 Å². The molecular formula is C12H14S. The molecule has 0 aromatic heterocycles. The van der Waals surface area contributed by atoms with E-state index in [1.807, 2.05) is 11.8 Å². The summed E-state index contributed by atoms with van der Waals surface area (Å²) in [7, 11) is 0. The van der Waals surface area contributed by atoms with Gasteiger partial charge in [0.2, 0.25) is 0 Å². The lowest BCUT2D eigenvalue weighted by molar-refractivity contribution is 0.780. The lowest BCUT2D eigenvalue weighted by Gasteiger charge is -1.99. The highest BCUT2D eigenvalue weighted by Gasteiger charge is 2.61. The molecule has 2 fully saturated rings. The van der Waals surface area contributed by atoms with E-state index in [1.165, 1.54) is 29.9 Å². The highest BCUT2D eigenvalue weighted by molar-refractivity contribution is 7.99. The molecule has 0 heterocycles. The van der Waals surface area contributed by atoms with Crippen LogP contribution in [-0.4, -0.2) is 5.75 Å². The van der Waals surface area contributed by atoms with Crippen molar-refractivity contribution < 1.29 is 0 Å². The third-order valence-electron chi connectivity index (χ3n) is 3.45. The van der Waals surface area contributed by atoms with Crippen molar-refractivity contribution in [3.63, 3.8) is 0 Å². The summed E-state index contributed by atoms with van der Waals surface area (Å²) < 4.78 is 0. The second-order valence-corrected chi connectivity index (χ2v) is 5.48. The normalized spacial score (nSPS) is 27.5. The molecule has 0 radical (unpaired) electrons. The smallest absolute Gasteiger partial charge is 0.00720 e. The SMILES string of the molecule is c1ccc(SCC2CC23CC3)cc1. The number of rotatable bonds is 3. The summed E-state index contributed by atoms with van der Waals surface area (Å²) in [6.07, 6.45) is 4.56. The van der Waals surface area contributed by atoms with E-state index in [4.69, 9.17) is 0 Å². The van der Waals surface area contributed by atoms with Crippen molar-refractivity contribution in [3.8, 4) is 0 Å². The molecule has 0 nitrogen and oxygen atoms in total. The van der Waals surface area contributed by atoms with Crippen molar-refractivity contribution in [2.24, 2.45) is 11.3 Å². The van der Waals surface area contributed by atoms with Gasteiger partial charge >= 0.3 is 0 Å². The molecule has 0 aliphatic heterocycles. The molecule has 1 unspecified atom stereocenters. The van der Waals surface area contributed by atoms with Crippen LogP contribution in [-0.2, 0) is 0 Å². The summed E-state index contributed by atoms with van der Waals surface area (Å²) in [6.45, 7) is 0.